The Morgan fingerprint density at radius 3 is 2.72 bits per heavy atom. The summed E-state index contributed by atoms with van der Waals surface area (Å²) in [5.74, 6) is 1.24. The third-order valence-corrected chi connectivity index (χ3v) is 3.36. The molecule has 1 saturated carbocycles. The van der Waals surface area contributed by atoms with E-state index in [4.69, 9.17) is 4.74 Å². The van der Waals surface area contributed by atoms with Gasteiger partial charge >= 0.3 is 0 Å². The van der Waals surface area contributed by atoms with Gasteiger partial charge in [-0.25, -0.2) is 0 Å². The number of ether oxygens (including phenoxy) is 1. The highest BCUT2D eigenvalue weighted by Gasteiger charge is 2.22. The molecule has 0 spiro atoms. The molecule has 1 unspecified atom stereocenters. The van der Waals surface area contributed by atoms with E-state index in [1.165, 1.54) is 0 Å². The Morgan fingerprint density at radius 2 is 2.11 bits per heavy atom. The van der Waals surface area contributed by atoms with E-state index in [9.17, 15) is 9.90 Å². The van der Waals surface area contributed by atoms with Crippen LogP contribution in [0.4, 0.5) is 0 Å². The lowest BCUT2D eigenvalue weighted by Gasteiger charge is -2.21. The number of benzene rings is 1. The molecule has 1 aromatic rings. The number of aliphatic hydroxyl groups is 1. The Morgan fingerprint density at radius 1 is 1.39 bits per heavy atom. The normalized spacial score (nSPS) is 22.2. The molecule has 96 valence electrons. The average molecular weight is 246 g/mol. The number of ketones is 1. The first-order valence-corrected chi connectivity index (χ1v) is 6.21. The first-order chi connectivity index (χ1) is 8.72. The topological polar surface area (TPSA) is 46.5 Å². The predicted octanol–water partition coefficient (Wildman–Crippen LogP) is 2.44. The van der Waals surface area contributed by atoms with Gasteiger partial charge in [0.15, 0.2) is 5.78 Å². The van der Waals surface area contributed by atoms with E-state index in [1.54, 1.807) is 7.11 Å². The number of carbonyl (C=O) groups is 1. The molecule has 0 heterocycles. The molecule has 1 atom stereocenters. The van der Waals surface area contributed by atoms with E-state index >= 15 is 0 Å². The molecule has 1 fully saturated rings. The molecule has 3 nitrogen and oxygen atoms in total. The van der Waals surface area contributed by atoms with Gasteiger partial charge in [0.05, 0.1) is 7.11 Å². The van der Waals surface area contributed by atoms with Crippen molar-refractivity contribution in [2.45, 2.75) is 19.3 Å². The van der Waals surface area contributed by atoms with Crippen molar-refractivity contribution in [2.75, 3.05) is 13.7 Å². The molecule has 18 heavy (non-hydrogen) atoms. The molecule has 1 aliphatic carbocycles. The number of hydrogen-bond acceptors (Lipinski definition) is 3. The summed E-state index contributed by atoms with van der Waals surface area (Å²) >= 11 is 0. The largest absolute Gasteiger partial charge is 0.497 e. The maximum Gasteiger partial charge on any atom is 0.158 e. The van der Waals surface area contributed by atoms with Crippen LogP contribution in [0.3, 0.4) is 0 Å². The quantitative estimate of drug-likeness (QED) is 0.833. The zero-order valence-electron chi connectivity index (χ0n) is 10.6. The van der Waals surface area contributed by atoms with Gasteiger partial charge in [-0.15, -0.1) is 0 Å². The van der Waals surface area contributed by atoms with Crippen molar-refractivity contribution in [3.63, 3.8) is 0 Å². The highest BCUT2D eigenvalue weighted by molar-refractivity contribution is 6.00. The Kier molecular flexibility index (Phi) is 4.15. The number of Topliss-reactive ketones (excluding diaryl/α,β-unsaturated/α-hetero) is 1. The van der Waals surface area contributed by atoms with Crippen molar-refractivity contribution < 1.29 is 14.6 Å². The van der Waals surface area contributed by atoms with Gasteiger partial charge in [-0.2, -0.15) is 0 Å². The van der Waals surface area contributed by atoms with Gasteiger partial charge in [0.25, 0.3) is 0 Å². The predicted molar refractivity (Wildman–Crippen MR) is 70.4 cm³/mol. The summed E-state index contributed by atoms with van der Waals surface area (Å²) in [6, 6.07) is 7.62. The van der Waals surface area contributed by atoms with Gasteiger partial charge in [0, 0.05) is 13.0 Å². The number of hydrogen-bond donors (Lipinski definition) is 1. The number of rotatable bonds is 3. The number of allylic oxidation sites excluding steroid dienone is 1. The fraction of sp³-hybridized carbons (Fsp3) is 0.400. The van der Waals surface area contributed by atoms with E-state index in [2.05, 4.69) is 0 Å². The van der Waals surface area contributed by atoms with Crippen molar-refractivity contribution in [3.05, 3.63) is 35.4 Å². The van der Waals surface area contributed by atoms with Crippen LogP contribution in [-0.2, 0) is 4.79 Å². The van der Waals surface area contributed by atoms with Crippen LogP contribution in [0.15, 0.2) is 29.8 Å². The maximum atomic E-state index is 11.8. The highest BCUT2D eigenvalue weighted by atomic mass is 16.5. The Bertz CT molecular complexity index is 445. The van der Waals surface area contributed by atoms with E-state index < -0.39 is 0 Å². The fourth-order valence-electron chi connectivity index (χ4n) is 2.22. The second kappa shape index (κ2) is 5.83. The van der Waals surface area contributed by atoms with Crippen LogP contribution < -0.4 is 4.74 Å². The standard InChI is InChI=1S/C15H18O3/c1-18-14-5-2-11(3-6-14)8-13-9-12(10-16)4-7-15(13)17/h2-3,5-6,8,12,16H,4,7,9-10H2,1H3/b13-8-. The summed E-state index contributed by atoms with van der Waals surface area (Å²) in [5.41, 5.74) is 1.82. The molecule has 2 rings (SSSR count). The van der Waals surface area contributed by atoms with E-state index in [0.29, 0.717) is 12.8 Å². The van der Waals surface area contributed by atoms with Crippen LogP contribution in [0.5, 0.6) is 5.75 Å². The molecule has 0 bridgehead atoms. The van der Waals surface area contributed by atoms with Crippen molar-refractivity contribution >= 4 is 11.9 Å². The third kappa shape index (κ3) is 2.99. The van der Waals surface area contributed by atoms with Crippen LogP contribution in [-0.4, -0.2) is 24.6 Å². The minimum atomic E-state index is 0.160. The van der Waals surface area contributed by atoms with Crippen LogP contribution in [0.1, 0.15) is 24.8 Å². The number of carbonyl (C=O) groups excluding carboxylic acids is 1. The molecule has 1 N–H and O–H groups in total. The van der Waals surface area contributed by atoms with Crippen molar-refractivity contribution in [2.24, 2.45) is 5.92 Å². The van der Waals surface area contributed by atoms with Gasteiger partial charge < -0.3 is 9.84 Å². The van der Waals surface area contributed by atoms with Crippen molar-refractivity contribution in [3.8, 4) is 5.75 Å². The Balaban J connectivity index is 2.16. The molecule has 0 amide bonds. The molecule has 0 aliphatic heterocycles. The molecular weight excluding hydrogens is 228 g/mol. The van der Waals surface area contributed by atoms with E-state index in [-0.39, 0.29) is 18.3 Å². The van der Waals surface area contributed by atoms with E-state index in [0.717, 1.165) is 23.3 Å². The van der Waals surface area contributed by atoms with E-state index in [1.807, 2.05) is 30.3 Å². The van der Waals surface area contributed by atoms with Gasteiger partial charge in [-0.1, -0.05) is 12.1 Å². The molecule has 0 saturated heterocycles. The van der Waals surface area contributed by atoms with Crippen LogP contribution in [0.25, 0.3) is 6.08 Å². The maximum absolute atomic E-state index is 11.8. The Labute approximate surface area is 107 Å². The molecule has 3 heteroatoms. The van der Waals surface area contributed by atoms with Gasteiger partial charge in [-0.05, 0) is 48.1 Å². The lowest BCUT2D eigenvalue weighted by Crippen LogP contribution is -2.19. The second-order valence-electron chi connectivity index (χ2n) is 4.66. The highest BCUT2D eigenvalue weighted by Crippen LogP contribution is 2.27. The minimum Gasteiger partial charge on any atom is -0.497 e. The minimum absolute atomic E-state index is 0.160. The summed E-state index contributed by atoms with van der Waals surface area (Å²) in [4.78, 5) is 11.8. The summed E-state index contributed by atoms with van der Waals surface area (Å²) in [5, 5.41) is 9.17. The molecule has 0 aromatic heterocycles. The first kappa shape index (κ1) is 12.8. The molecule has 1 aliphatic rings. The van der Waals surface area contributed by atoms with Gasteiger partial charge in [0.2, 0.25) is 0 Å². The van der Waals surface area contributed by atoms with Crippen molar-refractivity contribution in [1.29, 1.82) is 0 Å². The number of methoxy groups -OCH3 is 1. The lowest BCUT2D eigenvalue weighted by atomic mass is 9.84. The van der Waals surface area contributed by atoms with Crippen LogP contribution in [0.2, 0.25) is 0 Å². The number of aliphatic hydroxyl groups excluding tert-OH is 1. The summed E-state index contributed by atoms with van der Waals surface area (Å²) in [6.07, 6.45) is 3.95. The smallest absolute Gasteiger partial charge is 0.158 e. The van der Waals surface area contributed by atoms with Crippen LogP contribution >= 0.6 is 0 Å². The lowest BCUT2D eigenvalue weighted by molar-refractivity contribution is -0.117. The van der Waals surface area contributed by atoms with Gasteiger partial charge in [-0.3, -0.25) is 4.79 Å². The Hall–Kier alpha value is -1.61. The first-order valence-electron chi connectivity index (χ1n) is 6.21. The second-order valence-corrected chi connectivity index (χ2v) is 4.66. The zero-order valence-corrected chi connectivity index (χ0v) is 10.6. The summed E-state index contributed by atoms with van der Waals surface area (Å²) in [6.45, 7) is 0.160. The summed E-state index contributed by atoms with van der Waals surface area (Å²) < 4.78 is 5.09. The van der Waals surface area contributed by atoms with Crippen molar-refractivity contribution in [1.82, 2.24) is 0 Å². The summed E-state index contributed by atoms with van der Waals surface area (Å²) in [7, 11) is 1.63. The fourth-order valence-corrected chi connectivity index (χ4v) is 2.22. The molecular formula is C15H18O3. The monoisotopic (exact) mass is 246 g/mol. The van der Waals surface area contributed by atoms with Crippen LogP contribution in [0, 0.1) is 5.92 Å². The third-order valence-electron chi connectivity index (χ3n) is 3.36. The SMILES string of the molecule is COc1ccc(/C=C2/CC(CO)CCC2=O)cc1. The van der Waals surface area contributed by atoms with Gasteiger partial charge in [0.1, 0.15) is 5.75 Å². The zero-order chi connectivity index (χ0) is 13.0. The molecule has 1 aromatic carbocycles. The average Bonchev–Trinajstić information content (AvgIpc) is 2.42. The molecule has 0 radical (unpaired) electrons.